The molecule has 2 atom stereocenters. The van der Waals surface area contributed by atoms with Crippen LogP contribution in [0.5, 0.6) is 0 Å². The van der Waals surface area contributed by atoms with Crippen molar-refractivity contribution >= 4 is 46.1 Å². The van der Waals surface area contributed by atoms with Gasteiger partial charge < -0.3 is 10.4 Å². The van der Waals surface area contributed by atoms with Crippen molar-refractivity contribution in [2.45, 2.75) is 39.2 Å². The molecule has 37 heavy (non-hydrogen) atoms. The summed E-state index contributed by atoms with van der Waals surface area (Å²) in [5, 5.41) is 13.5. The summed E-state index contributed by atoms with van der Waals surface area (Å²) in [6.07, 6.45) is 1.73. The van der Waals surface area contributed by atoms with Gasteiger partial charge in [-0.2, -0.15) is 0 Å². The molecule has 4 rings (SSSR count). The number of carbonyl (C=O) groups excluding carboxylic acids is 1. The number of fused-ring (bicyclic) bond motifs is 1. The third-order valence-electron chi connectivity index (χ3n) is 6.31. The molecule has 0 aliphatic heterocycles. The van der Waals surface area contributed by atoms with Crippen LogP contribution in [0.2, 0.25) is 10.0 Å². The third kappa shape index (κ3) is 6.64. The van der Waals surface area contributed by atoms with E-state index in [4.69, 9.17) is 33.2 Å². The van der Waals surface area contributed by atoms with Gasteiger partial charge in [-0.3, -0.25) is 9.59 Å². The molecule has 6 nitrogen and oxygen atoms in total. The molecule has 1 unspecified atom stereocenters. The van der Waals surface area contributed by atoms with E-state index in [0.717, 1.165) is 22.5 Å². The zero-order valence-electron chi connectivity index (χ0n) is 20.5. The van der Waals surface area contributed by atoms with Crippen molar-refractivity contribution in [3.8, 4) is 11.3 Å². The summed E-state index contributed by atoms with van der Waals surface area (Å²) >= 11 is 12.0. The predicted octanol–water partition coefficient (Wildman–Crippen LogP) is 7.14. The van der Waals surface area contributed by atoms with Gasteiger partial charge in [-0.25, -0.2) is 9.97 Å². The van der Waals surface area contributed by atoms with Crippen molar-refractivity contribution in [2.75, 3.05) is 0 Å². The van der Waals surface area contributed by atoms with E-state index in [0.29, 0.717) is 45.9 Å². The molecular formula is C29H27Cl2N3O3. The zero-order valence-corrected chi connectivity index (χ0v) is 22.1. The molecule has 1 amide bonds. The minimum Gasteiger partial charge on any atom is -0.481 e. The Bertz CT molecular complexity index is 1420. The summed E-state index contributed by atoms with van der Waals surface area (Å²) in [4.78, 5) is 34.0. The molecule has 0 saturated carbocycles. The maximum Gasteiger partial charge on any atom is 0.306 e. The number of amides is 1. The molecule has 1 heterocycles. The summed E-state index contributed by atoms with van der Waals surface area (Å²) in [6, 6.07) is 19.8. The van der Waals surface area contributed by atoms with E-state index in [-0.39, 0.29) is 11.9 Å². The Morgan fingerprint density at radius 3 is 2.19 bits per heavy atom. The summed E-state index contributed by atoms with van der Waals surface area (Å²) in [5.41, 5.74) is 5.04. The van der Waals surface area contributed by atoms with Crippen LogP contribution in [-0.4, -0.2) is 27.0 Å². The van der Waals surface area contributed by atoms with E-state index in [9.17, 15) is 14.7 Å². The third-order valence-corrected chi connectivity index (χ3v) is 6.81. The highest BCUT2D eigenvalue weighted by atomic mass is 35.5. The second kappa shape index (κ2) is 11.7. The second-order valence-corrected chi connectivity index (χ2v) is 9.98. The van der Waals surface area contributed by atoms with Crippen LogP contribution >= 0.6 is 23.2 Å². The number of carboxylic acid groups (broad SMARTS) is 1. The first-order chi connectivity index (χ1) is 17.7. The molecule has 190 valence electrons. The van der Waals surface area contributed by atoms with Crippen molar-refractivity contribution in [1.29, 1.82) is 0 Å². The molecule has 3 aromatic carbocycles. The Labute approximate surface area is 225 Å². The number of carboxylic acids is 1. The molecule has 0 aliphatic carbocycles. The van der Waals surface area contributed by atoms with Crippen molar-refractivity contribution in [2.24, 2.45) is 5.92 Å². The van der Waals surface area contributed by atoms with Gasteiger partial charge in [-0.1, -0.05) is 54.4 Å². The molecule has 2 N–H and O–H groups in total. The normalized spacial score (nSPS) is 12.8. The molecule has 0 fully saturated rings. The van der Waals surface area contributed by atoms with Crippen LogP contribution < -0.4 is 5.32 Å². The monoisotopic (exact) mass is 535 g/mol. The Morgan fingerprint density at radius 1 is 0.892 bits per heavy atom. The Kier molecular flexibility index (Phi) is 8.41. The van der Waals surface area contributed by atoms with Crippen molar-refractivity contribution < 1.29 is 14.7 Å². The maximum absolute atomic E-state index is 13.0. The number of nitrogens with zero attached hydrogens (tertiary/aromatic N) is 2. The van der Waals surface area contributed by atoms with E-state index in [1.54, 1.807) is 49.4 Å². The van der Waals surface area contributed by atoms with Crippen LogP contribution in [-0.2, 0) is 11.2 Å². The summed E-state index contributed by atoms with van der Waals surface area (Å²) < 4.78 is 0. The second-order valence-electron chi connectivity index (χ2n) is 9.11. The van der Waals surface area contributed by atoms with Gasteiger partial charge in [0.1, 0.15) is 0 Å². The van der Waals surface area contributed by atoms with Crippen LogP contribution in [0.1, 0.15) is 54.3 Å². The summed E-state index contributed by atoms with van der Waals surface area (Å²) in [6.45, 7) is 3.61. The van der Waals surface area contributed by atoms with E-state index in [1.165, 1.54) is 0 Å². The lowest BCUT2D eigenvalue weighted by atomic mass is 10.0. The number of benzene rings is 3. The Hall–Kier alpha value is -3.48. The lowest BCUT2D eigenvalue weighted by Crippen LogP contribution is -2.26. The minimum atomic E-state index is -0.814. The van der Waals surface area contributed by atoms with Gasteiger partial charge in [-0.15, -0.1) is 0 Å². The van der Waals surface area contributed by atoms with Gasteiger partial charge in [0.05, 0.1) is 34.4 Å². The SMILES string of the molecule is CC(CCCc1nc2cc(C(=O)N[C@H](C)c3ccc(Cl)cc3)ccc2nc1-c1ccc(Cl)cc1)C(=O)O. The van der Waals surface area contributed by atoms with E-state index < -0.39 is 11.9 Å². The van der Waals surface area contributed by atoms with Crippen LogP contribution in [0.25, 0.3) is 22.3 Å². The highest BCUT2D eigenvalue weighted by molar-refractivity contribution is 6.30. The number of rotatable bonds is 9. The fraction of sp³-hybridized carbons (Fsp3) is 0.241. The molecule has 0 saturated heterocycles. The lowest BCUT2D eigenvalue weighted by molar-refractivity contribution is -0.141. The van der Waals surface area contributed by atoms with Crippen molar-refractivity contribution in [1.82, 2.24) is 15.3 Å². The van der Waals surface area contributed by atoms with E-state index >= 15 is 0 Å². The van der Waals surface area contributed by atoms with Crippen LogP contribution in [0, 0.1) is 5.92 Å². The highest BCUT2D eigenvalue weighted by Crippen LogP contribution is 2.27. The van der Waals surface area contributed by atoms with Gasteiger partial charge in [-0.05, 0) is 74.2 Å². The molecular weight excluding hydrogens is 509 g/mol. The standard InChI is InChI=1S/C29H27Cl2N3O3/c1-17(29(36)37)4-3-5-25-27(20-8-13-23(31)14-9-20)34-24-15-10-21(16-26(24)33-25)28(35)32-18(2)19-6-11-22(30)12-7-19/h6-18H,3-5H2,1-2H3,(H,32,35)(H,36,37)/t17?,18-/m1/s1. The number of hydrogen-bond acceptors (Lipinski definition) is 4. The summed E-state index contributed by atoms with van der Waals surface area (Å²) in [7, 11) is 0. The van der Waals surface area contributed by atoms with Gasteiger partial charge in [0.2, 0.25) is 0 Å². The van der Waals surface area contributed by atoms with Crippen LogP contribution in [0.4, 0.5) is 0 Å². The van der Waals surface area contributed by atoms with Gasteiger partial charge in [0.25, 0.3) is 5.91 Å². The average molecular weight is 536 g/mol. The van der Waals surface area contributed by atoms with E-state index in [1.807, 2.05) is 31.2 Å². The topological polar surface area (TPSA) is 92.2 Å². The fourth-order valence-electron chi connectivity index (χ4n) is 4.06. The molecule has 0 bridgehead atoms. The predicted molar refractivity (Wildman–Crippen MR) is 147 cm³/mol. The molecule has 0 spiro atoms. The zero-order chi connectivity index (χ0) is 26.5. The van der Waals surface area contributed by atoms with E-state index in [2.05, 4.69) is 5.32 Å². The molecule has 1 aromatic heterocycles. The Morgan fingerprint density at radius 2 is 1.54 bits per heavy atom. The first-order valence-electron chi connectivity index (χ1n) is 12.1. The number of aliphatic carboxylic acids is 1. The highest BCUT2D eigenvalue weighted by Gasteiger charge is 2.17. The average Bonchev–Trinajstić information content (AvgIpc) is 2.88. The van der Waals surface area contributed by atoms with Gasteiger partial charge in [0, 0.05) is 21.2 Å². The smallest absolute Gasteiger partial charge is 0.306 e. The molecule has 0 radical (unpaired) electrons. The first kappa shape index (κ1) is 26.6. The Balaban J connectivity index is 1.63. The number of nitrogens with one attached hydrogen (secondary N) is 1. The first-order valence-corrected chi connectivity index (χ1v) is 12.8. The number of hydrogen-bond donors (Lipinski definition) is 2. The molecule has 4 aromatic rings. The maximum atomic E-state index is 13.0. The largest absolute Gasteiger partial charge is 0.481 e. The number of aryl methyl sites for hydroxylation is 1. The number of carbonyl (C=O) groups is 2. The van der Waals surface area contributed by atoms with Gasteiger partial charge in [0.15, 0.2) is 0 Å². The van der Waals surface area contributed by atoms with Gasteiger partial charge >= 0.3 is 5.97 Å². The minimum absolute atomic E-state index is 0.203. The van der Waals surface area contributed by atoms with Crippen LogP contribution in [0.3, 0.4) is 0 Å². The van der Waals surface area contributed by atoms with Crippen LogP contribution in [0.15, 0.2) is 66.7 Å². The number of aromatic nitrogens is 2. The quantitative estimate of drug-likeness (QED) is 0.237. The lowest BCUT2D eigenvalue weighted by Gasteiger charge is -2.15. The fourth-order valence-corrected chi connectivity index (χ4v) is 4.31. The van der Waals surface area contributed by atoms with Crippen molar-refractivity contribution in [3.63, 3.8) is 0 Å². The molecule has 0 aliphatic rings. The summed E-state index contributed by atoms with van der Waals surface area (Å²) in [5.74, 6) is -1.47. The molecule has 8 heteroatoms. The van der Waals surface area contributed by atoms with Crippen molar-refractivity contribution in [3.05, 3.63) is 93.6 Å². The number of halogens is 2.